The molecule has 2 heterocycles. The fourth-order valence-electron chi connectivity index (χ4n) is 1.69. The van der Waals surface area contributed by atoms with Crippen molar-refractivity contribution in [2.45, 2.75) is 12.8 Å². The number of aromatic nitrogens is 1. The monoisotopic (exact) mass is 221 g/mol. The van der Waals surface area contributed by atoms with Gasteiger partial charge in [0.1, 0.15) is 18.2 Å². The van der Waals surface area contributed by atoms with Crippen LogP contribution in [0.25, 0.3) is 0 Å². The number of anilines is 1. The van der Waals surface area contributed by atoms with Gasteiger partial charge in [-0.1, -0.05) is 0 Å². The Bertz CT molecular complexity index is 364. The molecule has 1 saturated heterocycles. The molecule has 1 fully saturated rings. The van der Waals surface area contributed by atoms with Crippen molar-refractivity contribution in [2.24, 2.45) is 0 Å². The average molecular weight is 221 g/mol. The van der Waals surface area contributed by atoms with Crippen molar-refractivity contribution in [1.29, 1.82) is 0 Å². The molecule has 1 aliphatic heterocycles. The highest BCUT2D eigenvalue weighted by Gasteiger charge is 2.19. The van der Waals surface area contributed by atoms with Gasteiger partial charge in [-0.05, 0) is 18.6 Å². The Labute approximate surface area is 94.2 Å². The van der Waals surface area contributed by atoms with E-state index in [-0.39, 0.29) is 5.91 Å². The van der Waals surface area contributed by atoms with Crippen LogP contribution in [-0.4, -0.2) is 35.5 Å². The van der Waals surface area contributed by atoms with Crippen molar-refractivity contribution in [3.05, 3.63) is 18.3 Å². The highest BCUT2D eigenvalue weighted by molar-refractivity contribution is 5.78. The Kier molecular flexibility index (Phi) is 3.24. The molecule has 1 amide bonds. The molecule has 0 atom stereocenters. The molecule has 0 bridgehead atoms. The molecular formula is C11H15N3O2. The zero-order valence-electron chi connectivity index (χ0n) is 9.06. The molecule has 0 unspecified atom stereocenters. The molecule has 1 aromatic rings. The molecule has 0 aromatic carbocycles. The lowest BCUT2D eigenvalue weighted by atomic mass is 10.4. The van der Waals surface area contributed by atoms with Crippen LogP contribution in [0.4, 0.5) is 5.82 Å². The summed E-state index contributed by atoms with van der Waals surface area (Å²) in [7, 11) is 0. The van der Waals surface area contributed by atoms with E-state index in [4.69, 9.17) is 10.5 Å². The fourth-order valence-corrected chi connectivity index (χ4v) is 1.69. The number of rotatable bonds is 4. The number of nitrogens with zero attached hydrogens (tertiary/aromatic N) is 2. The number of likely N-dealkylation sites (tertiary alicyclic amines) is 1. The van der Waals surface area contributed by atoms with Crippen molar-refractivity contribution in [2.75, 3.05) is 25.4 Å². The maximum Gasteiger partial charge on any atom is 0.222 e. The average Bonchev–Trinajstić information content (AvgIpc) is 2.68. The summed E-state index contributed by atoms with van der Waals surface area (Å²) in [6, 6.07) is 3.46. The summed E-state index contributed by atoms with van der Waals surface area (Å²) in [6.07, 6.45) is 3.22. The van der Waals surface area contributed by atoms with Crippen molar-refractivity contribution in [3.8, 4) is 5.75 Å². The standard InChI is InChI=1S/C11H15N3O2/c12-10-4-3-9(8-13-10)16-7-6-14-5-1-2-11(14)15/h3-4,8H,1-2,5-7H2,(H2,12,13). The predicted octanol–water partition coefficient (Wildman–Crippen LogP) is 0.665. The zero-order chi connectivity index (χ0) is 11.4. The molecule has 86 valence electrons. The van der Waals surface area contributed by atoms with Gasteiger partial charge >= 0.3 is 0 Å². The number of nitrogens with two attached hydrogens (primary N) is 1. The van der Waals surface area contributed by atoms with E-state index in [0.717, 1.165) is 13.0 Å². The smallest absolute Gasteiger partial charge is 0.222 e. The number of ether oxygens (including phenoxy) is 1. The summed E-state index contributed by atoms with van der Waals surface area (Å²) in [5.74, 6) is 1.38. The highest BCUT2D eigenvalue weighted by Crippen LogP contribution is 2.11. The number of hydrogen-bond donors (Lipinski definition) is 1. The lowest BCUT2D eigenvalue weighted by Gasteiger charge is -2.15. The van der Waals surface area contributed by atoms with Gasteiger partial charge in [0.25, 0.3) is 0 Å². The molecule has 2 N–H and O–H groups in total. The van der Waals surface area contributed by atoms with Crippen LogP contribution in [-0.2, 0) is 4.79 Å². The van der Waals surface area contributed by atoms with Gasteiger partial charge in [0.15, 0.2) is 0 Å². The number of hydrogen-bond acceptors (Lipinski definition) is 4. The first-order chi connectivity index (χ1) is 7.75. The Morgan fingerprint density at radius 1 is 1.50 bits per heavy atom. The van der Waals surface area contributed by atoms with Gasteiger partial charge in [-0.3, -0.25) is 4.79 Å². The fraction of sp³-hybridized carbons (Fsp3) is 0.455. The maximum atomic E-state index is 11.3. The molecule has 5 nitrogen and oxygen atoms in total. The zero-order valence-corrected chi connectivity index (χ0v) is 9.06. The van der Waals surface area contributed by atoms with Crippen LogP contribution >= 0.6 is 0 Å². The first kappa shape index (κ1) is 10.7. The van der Waals surface area contributed by atoms with Gasteiger partial charge in [-0.2, -0.15) is 0 Å². The van der Waals surface area contributed by atoms with Crippen molar-refractivity contribution >= 4 is 11.7 Å². The van der Waals surface area contributed by atoms with Gasteiger partial charge in [-0.25, -0.2) is 4.98 Å². The number of carbonyl (C=O) groups is 1. The number of carbonyl (C=O) groups excluding carboxylic acids is 1. The van der Waals surface area contributed by atoms with Crippen molar-refractivity contribution in [3.63, 3.8) is 0 Å². The lowest BCUT2D eigenvalue weighted by molar-refractivity contribution is -0.128. The Hall–Kier alpha value is -1.78. The first-order valence-corrected chi connectivity index (χ1v) is 5.38. The molecule has 0 aliphatic carbocycles. The molecule has 0 saturated carbocycles. The topological polar surface area (TPSA) is 68.5 Å². The van der Waals surface area contributed by atoms with Crippen molar-refractivity contribution < 1.29 is 9.53 Å². The molecule has 0 spiro atoms. The quantitative estimate of drug-likeness (QED) is 0.811. The van der Waals surface area contributed by atoms with Gasteiger partial charge < -0.3 is 15.4 Å². The van der Waals surface area contributed by atoms with Gasteiger partial charge in [-0.15, -0.1) is 0 Å². The second-order valence-electron chi connectivity index (χ2n) is 3.75. The molecular weight excluding hydrogens is 206 g/mol. The molecule has 16 heavy (non-hydrogen) atoms. The summed E-state index contributed by atoms with van der Waals surface area (Å²) in [5, 5.41) is 0. The van der Waals surface area contributed by atoms with Crippen LogP contribution in [0.15, 0.2) is 18.3 Å². The van der Waals surface area contributed by atoms with Gasteiger partial charge in [0.2, 0.25) is 5.91 Å². The largest absolute Gasteiger partial charge is 0.490 e. The number of amides is 1. The second-order valence-corrected chi connectivity index (χ2v) is 3.75. The second kappa shape index (κ2) is 4.83. The van der Waals surface area contributed by atoms with E-state index in [1.54, 1.807) is 18.3 Å². The van der Waals surface area contributed by atoms with Crippen LogP contribution in [0.3, 0.4) is 0 Å². The van der Waals surface area contributed by atoms with E-state index in [1.165, 1.54) is 0 Å². The van der Waals surface area contributed by atoms with Crippen LogP contribution in [0, 0.1) is 0 Å². The normalized spacial score (nSPS) is 15.5. The van der Waals surface area contributed by atoms with E-state index < -0.39 is 0 Å². The Morgan fingerprint density at radius 2 is 2.38 bits per heavy atom. The Morgan fingerprint density at radius 3 is 3.00 bits per heavy atom. The summed E-state index contributed by atoms with van der Waals surface area (Å²) < 4.78 is 5.46. The van der Waals surface area contributed by atoms with Crippen LogP contribution < -0.4 is 10.5 Å². The maximum absolute atomic E-state index is 11.3. The molecule has 2 rings (SSSR count). The number of pyridine rings is 1. The third-order valence-electron chi connectivity index (χ3n) is 2.56. The van der Waals surface area contributed by atoms with E-state index in [2.05, 4.69) is 4.98 Å². The van der Waals surface area contributed by atoms with Crippen LogP contribution in [0.2, 0.25) is 0 Å². The summed E-state index contributed by atoms with van der Waals surface area (Å²) >= 11 is 0. The Balaban J connectivity index is 1.75. The van der Waals surface area contributed by atoms with Gasteiger partial charge in [0, 0.05) is 13.0 Å². The highest BCUT2D eigenvalue weighted by atomic mass is 16.5. The van der Waals surface area contributed by atoms with E-state index in [1.807, 2.05) is 4.90 Å². The minimum Gasteiger partial charge on any atom is -0.490 e. The predicted molar refractivity (Wildman–Crippen MR) is 60.0 cm³/mol. The lowest BCUT2D eigenvalue weighted by Crippen LogP contribution is -2.29. The van der Waals surface area contributed by atoms with E-state index in [0.29, 0.717) is 31.1 Å². The molecule has 0 radical (unpaired) electrons. The van der Waals surface area contributed by atoms with Gasteiger partial charge in [0.05, 0.1) is 12.7 Å². The third-order valence-corrected chi connectivity index (χ3v) is 2.56. The molecule has 1 aromatic heterocycles. The molecule has 1 aliphatic rings. The third kappa shape index (κ3) is 2.62. The summed E-state index contributed by atoms with van der Waals surface area (Å²) in [5.41, 5.74) is 5.45. The van der Waals surface area contributed by atoms with Crippen LogP contribution in [0.1, 0.15) is 12.8 Å². The summed E-state index contributed by atoms with van der Waals surface area (Å²) in [6.45, 7) is 1.99. The van der Waals surface area contributed by atoms with E-state index >= 15 is 0 Å². The SMILES string of the molecule is Nc1ccc(OCCN2CCCC2=O)cn1. The minimum absolute atomic E-state index is 0.221. The van der Waals surface area contributed by atoms with Crippen LogP contribution in [0.5, 0.6) is 5.75 Å². The van der Waals surface area contributed by atoms with E-state index in [9.17, 15) is 4.79 Å². The number of nitrogen functional groups attached to an aromatic ring is 1. The summed E-state index contributed by atoms with van der Waals surface area (Å²) in [4.78, 5) is 17.0. The first-order valence-electron chi connectivity index (χ1n) is 5.38. The minimum atomic E-state index is 0.221. The van der Waals surface area contributed by atoms with Crippen molar-refractivity contribution in [1.82, 2.24) is 9.88 Å². The molecule has 5 heteroatoms.